The van der Waals surface area contributed by atoms with Gasteiger partial charge in [-0.2, -0.15) is 5.10 Å². The van der Waals surface area contributed by atoms with Crippen LogP contribution in [0.1, 0.15) is 12.6 Å². The second-order valence-electron chi connectivity index (χ2n) is 4.74. The standard InChI is InChI=1S/C16H16N4O/c1-2-12-10-15(20-19-12)18-16(21)17-14-9-5-7-11-6-3-4-8-13(11)14/h3-10H,2H2,1H3,(H3,17,18,19,20,21). The number of aryl methyl sites for hydroxylation is 1. The zero-order valence-corrected chi connectivity index (χ0v) is 11.7. The molecule has 0 aliphatic carbocycles. The van der Waals surface area contributed by atoms with Gasteiger partial charge in [-0.05, 0) is 17.9 Å². The maximum Gasteiger partial charge on any atom is 0.324 e. The number of amides is 2. The van der Waals surface area contributed by atoms with Crippen molar-refractivity contribution in [2.75, 3.05) is 10.6 Å². The first-order valence-electron chi connectivity index (χ1n) is 6.86. The molecule has 0 saturated carbocycles. The van der Waals surface area contributed by atoms with Crippen molar-refractivity contribution >= 4 is 28.3 Å². The van der Waals surface area contributed by atoms with Crippen LogP contribution in [0.4, 0.5) is 16.3 Å². The molecule has 0 unspecified atom stereocenters. The molecule has 2 aromatic carbocycles. The molecular weight excluding hydrogens is 264 g/mol. The Morgan fingerprint density at radius 3 is 2.76 bits per heavy atom. The van der Waals surface area contributed by atoms with Crippen LogP contribution in [0.2, 0.25) is 0 Å². The van der Waals surface area contributed by atoms with E-state index in [1.165, 1.54) is 0 Å². The summed E-state index contributed by atoms with van der Waals surface area (Å²) in [6.07, 6.45) is 0.847. The lowest BCUT2D eigenvalue weighted by atomic mass is 10.1. The average molecular weight is 280 g/mol. The lowest BCUT2D eigenvalue weighted by Gasteiger charge is -2.08. The zero-order valence-electron chi connectivity index (χ0n) is 11.7. The Balaban J connectivity index is 1.77. The van der Waals surface area contributed by atoms with E-state index in [0.717, 1.165) is 28.6 Å². The summed E-state index contributed by atoms with van der Waals surface area (Å²) in [6, 6.07) is 15.2. The molecule has 0 spiro atoms. The van der Waals surface area contributed by atoms with Crippen molar-refractivity contribution in [3.05, 3.63) is 54.2 Å². The number of H-pyrrole nitrogens is 1. The number of benzene rings is 2. The average Bonchev–Trinajstić information content (AvgIpc) is 2.95. The highest BCUT2D eigenvalue weighted by Crippen LogP contribution is 2.23. The van der Waals surface area contributed by atoms with Gasteiger partial charge in [-0.25, -0.2) is 4.79 Å². The normalized spacial score (nSPS) is 10.5. The molecule has 0 atom stereocenters. The Morgan fingerprint density at radius 1 is 1.14 bits per heavy atom. The number of fused-ring (bicyclic) bond motifs is 1. The summed E-state index contributed by atoms with van der Waals surface area (Å²) >= 11 is 0. The molecule has 1 aromatic heterocycles. The smallest absolute Gasteiger partial charge is 0.307 e. The SMILES string of the molecule is CCc1cc(NC(=O)Nc2cccc3ccccc23)n[nH]1. The third-order valence-electron chi connectivity index (χ3n) is 3.29. The molecule has 0 aliphatic heterocycles. The molecule has 0 aliphatic rings. The number of aromatic amines is 1. The van der Waals surface area contributed by atoms with Gasteiger partial charge in [-0.3, -0.25) is 10.4 Å². The number of nitrogens with zero attached hydrogens (tertiary/aromatic N) is 1. The van der Waals surface area contributed by atoms with E-state index in [1.54, 1.807) is 0 Å². The maximum absolute atomic E-state index is 12.0. The predicted octanol–water partition coefficient (Wildman–Crippen LogP) is 3.77. The number of hydrogen-bond donors (Lipinski definition) is 3. The Morgan fingerprint density at radius 2 is 1.95 bits per heavy atom. The van der Waals surface area contributed by atoms with E-state index in [1.807, 2.05) is 55.5 Å². The molecule has 106 valence electrons. The summed E-state index contributed by atoms with van der Waals surface area (Å²) in [7, 11) is 0. The van der Waals surface area contributed by atoms with Crippen LogP contribution in [0, 0.1) is 0 Å². The van der Waals surface area contributed by atoms with Crippen molar-refractivity contribution in [1.29, 1.82) is 0 Å². The third kappa shape index (κ3) is 2.86. The maximum atomic E-state index is 12.0. The number of aromatic nitrogens is 2. The summed E-state index contributed by atoms with van der Waals surface area (Å²) in [5, 5.41) is 14.6. The quantitative estimate of drug-likeness (QED) is 0.683. The minimum Gasteiger partial charge on any atom is -0.307 e. The van der Waals surface area contributed by atoms with Gasteiger partial charge in [0.2, 0.25) is 0 Å². The summed E-state index contributed by atoms with van der Waals surface area (Å²) in [4.78, 5) is 12.0. The summed E-state index contributed by atoms with van der Waals surface area (Å²) < 4.78 is 0. The number of rotatable bonds is 3. The molecule has 21 heavy (non-hydrogen) atoms. The van der Waals surface area contributed by atoms with Crippen LogP contribution < -0.4 is 10.6 Å². The minimum atomic E-state index is -0.305. The van der Waals surface area contributed by atoms with Gasteiger partial charge in [-0.15, -0.1) is 0 Å². The fraction of sp³-hybridized carbons (Fsp3) is 0.125. The van der Waals surface area contributed by atoms with E-state index < -0.39 is 0 Å². The van der Waals surface area contributed by atoms with Crippen molar-refractivity contribution in [3.8, 4) is 0 Å². The molecule has 2 amide bonds. The van der Waals surface area contributed by atoms with Gasteiger partial charge in [0, 0.05) is 17.1 Å². The molecule has 0 fully saturated rings. The molecule has 0 bridgehead atoms. The minimum absolute atomic E-state index is 0.305. The van der Waals surface area contributed by atoms with Gasteiger partial charge in [0.25, 0.3) is 0 Å². The van der Waals surface area contributed by atoms with Gasteiger partial charge in [0.15, 0.2) is 5.82 Å². The summed E-state index contributed by atoms with van der Waals surface area (Å²) in [5.41, 5.74) is 1.76. The van der Waals surface area contributed by atoms with Crippen molar-refractivity contribution in [2.45, 2.75) is 13.3 Å². The van der Waals surface area contributed by atoms with Gasteiger partial charge in [0.1, 0.15) is 0 Å². The largest absolute Gasteiger partial charge is 0.324 e. The lowest BCUT2D eigenvalue weighted by molar-refractivity contribution is 0.262. The summed E-state index contributed by atoms with van der Waals surface area (Å²) in [5.74, 6) is 0.518. The molecule has 0 radical (unpaired) electrons. The van der Waals surface area contributed by atoms with Gasteiger partial charge in [0.05, 0.1) is 5.69 Å². The Labute approximate surface area is 122 Å². The predicted molar refractivity (Wildman–Crippen MR) is 84.6 cm³/mol. The first kappa shape index (κ1) is 13.2. The highest BCUT2D eigenvalue weighted by atomic mass is 16.2. The first-order valence-corrected chi connectivity index (χ1v) is 6.86. The van der Waals surface area contributed by atoms with E-state index in [2.05, 4.69) is 20.8 Å². The molecular formula is C16H16N4O. The fourth-order valence-electron chi connectivity index (χ4n) is 2.21. The van der Waals surface area contributed by atoms with Crippen LogP contribution in [-0.2, 0) is 6.42 Å². The number of urea groups is 1. The van der Waals surface area contributed by atoms with Gasteiger partial charge < -0.3 is 5.32 Å². The highest BCUT2D eigenvalue weighted by molar-refractivity contribution is 6.05. The monoisotopic (exact) mass is 280 g/mol. The molecule has 3 aromatic rings. The van der Waals surface area contributed by atoms with E-state index in [9.17, 15) is 4.79 Å². The number of carbonyl (C=O) groups is 1. The van der Waals surface area contributed by atoms with Crippen LogP contribution in [0.15, 0.2) is 48.5 Å². The number of carbonyl (C=O) groups excluding carboxylic acids is 1. The second kappa shape index (κ2) is 5.66. The van der Waals surface area contributed by atoms with Crippen molar-refractivity contribution in [2.24, 2.45) is 0 Å². The fourth-order valence-corrected chi connectivity index (χ4v) is 2.21. The zero-order chi connectivity index (χ0) is 14.7. The molecule has 1 heterocycles. The van der Waals surface area contributed by atoms with Crippen LogP contribution >= 0.6 is 0 Å². The van der Waals surface area contributed by atoms with Crippen LogP contribution in [0.25, 0.3) is 10.8 Å². The van der Waals surface area contributed by atoms with Crippen molar-refractivity contribution in [1.82, 2.24) is 10.2 Å². The van der Waals surface area contributed by atoms with Crippen molar-refractivity contribution < 1.29 is 4.79 Å². The lowest BCUT2D eigenvalue weighted by Crippen LogP contribution is -2.19. The van der Waals surface area contributed by atoms with E-state index in [0.29, 0.717) is 5.82 Å². The van der Waals surface area contributed by atoms with Gasteiger partial charge in [-0.1, -0.05) is 43.3 Å². The van der Waals surface area contributed by atoms with Crippen LogP contribution in [0.5, 0.6) is 0 Å². The van der Waals surface area contributed by atoms with Crippen LogP contribution in [0.3, 0.4) is 0 Å². The Hall–Kier alpha value is -2.82. The van der Waals surface area contributed by atoms with Crippen LogP contribution in [-0.4, -0.2) is 16.2 Å². The number of anilines is 2. The summed E-state index contributed by atoms with van der Waals surface area (Å²) in [6.45, 7) is 2.02. The van der Waals surface area contributed by atoms with E-state index in [4.69, 9.17) is 0 Å². The van der Waals surface area contributed by atoms with E-state index >= 15 is 0 Å². The third-order valence-corrected chi connectivity index (χ3v) is 3.29. The molecule has 3 rings (SSSR count). The Kier molecular flexibility index (Phi) is 3.55. The van der Waals surface area contributed by atoms with Crippen molar-refractivity contribution in [3.63, 3.8) is 0 Å². The van der Waals surface area contributed by atoms with Gasteiger partial charge >= 0.3 is 6.03 Å². The molecule has 3 N–H and O–H groups in total. The highest BCUT2D eigenvalue weighted by Gasteiger charge is 2.07. The number of hydrogen-bond acceptors (Lipinski definition) is 2. The molecule has 5 nitrogen and oxygen atoms in total. The molecule has 0 saturated heterocycles. The Bertz CT molecular complexity index is 773. The topological polar surface area (TPSA) is 69.8 Å². The number of nitrogens with one attached hydrogen (secondary N) is 3. The first-order chi connectivity index (χ1) is 10.3. The van der Waals surface area contributed by atoms with E-state index in [-0.39, 0.29) is 6.03 Å². The second-order valence-corrected chi connectivity index (χ2v) is 4.74. The molecule has 5 heteroatoms.